The Morgan fingerprint density at radius 2 is 1.65 bits per heavy atom. The summed E-state index contributed by atoms with van der Waals surface area (Å²) in [6.07, 6.45) is 16.8. The number of benzene rings is 1. The Bertz CT molecular complexity index is 530. The number of hydrogen-bond donors (Lipinski definition) is 0. The van der Waals surface area contributed by atoms with Crippen LogP contribution in [0.4, 0.5) is 0 Å². The largest absolute Gasteiger partial charge is 0.213 e. The molecule has 0 aromatic heterocycles. The molecule has 0 saturated carbocycles. The van der Waals surface area contributed by atoms with Crippen LogP contribution in [0, 0.1) is 11.3 Å². The van der Waals surface area contributed by atoms with Gasteiger partial charge in [0.25, 0.3) is 0 Å². The van der Waals surface area contributed by atoms with E-state index in [9.17, 15) is 0 Å². The normalized spacial score (nSPS) is 12.6. The van der Waals surface area contributed by atoms with Crippen LogP contribution in [0.25, 0.3) is 0 Å². The van der Waals surface area contributed by atoms with Gasteiger partial charge in [0.1, 0.15) is 0 Å². The molecule has 1 aromatic rings. The molecule has 0 spiro atoms. The van der Waals surface area contributed by atoms with Gasteiger partial charge in [0.15, 0.2) is 0 Å². The minimum absolute atomic E-state index is 0.403. The number of hydrogen-bond acceptors (Lipinski definition) is 2. The van der Waals surface area contributed by atoms with Gasteiger partial charge in [-0.25, -0.2) is 4.42 Å². The molecule has 0 bridgehead atoms. The summed E-state index contributed by atoms with van der Waals surface area (Å²) in [5.74, 6) is 0. The van der Waals surface area contributed by atoms with Gasteiger partial charge in [-0.3, -0.25) is 0 Å². The molecule has 0 fully saturated rings. The molecule has 144 valence electrons. The maximum atomic E-state index is 8.92. The van der Waals surface area contributed by atoms with E-state index in [-0.39, 0.29) is 0 Å². The summed E-state index contributed by atoms with van der Waals surface area (Å²) >= 11 is 6.68. The lowest BCUT2D eigenvalue weighted by molar-refractivity contribution is 0.291. The van der Waals surface area contributed by atoms with Crippen molar-refractivity contribution in [3.63, 3.8) is 0 Å². The molecular weight excluding hydrogens is 340 g/mol. The molecule has 1 unspecified atom stereocenters. The SMILES string of the molecule is CCC/C=C/CCC(CCCCCCC)N(Cl)Cc1ccc(C#N)cc1. The number of rotatable bonds is 14. The van der Waals surface area contributed by atoms with Crippen LogP contribution in [0.3, 0.4) is 0 Å². The molecule has 26 heavy (non-hydrogen) atoms. The first-order valence-electron chi connectivity index (χ1n) is 10.3. The summed E-state index contributed by atoms with van der Waals surface area (Å²) in [6.45, 7) is 5.19. The van der Waals surface area contributed by atoms with Gasteiger partial charge in [-0.05, 0) is 55.2 Å². The van der Waals surface area contributed by atoms with Crippen LogP contribution < -0.4 is 0 Å². The minimum atomic E-state index is 0.403. The maximum absolute atomic E-state index is 8.92. The molecule has 0 saturated heterocycles. The summed E-state index contributed by atoms with van der Waals surface area (Å²) in [6, 6.07) is 10.3. The predicted octanol–water partition coefficient (Wildman–Crippen LogP) is 7.38. The smallest absolute Gasteiger partial charge is 0.0991 e. The second kappa shape index (κ2) is 14.8. The van der Waals surface area contributed by atoms with E-state index >= 15 is 0 Å². The van der Waals surface area contributed by atoms with Crippen LogP contribution >= 0.6 is 11.8 Å². The van der Waals surface area contributed by atoms with Crippen molar-refractivity contribution in [2.75, 3.05) is 0 Å². The fraction of sp³-hybridized carbons (Fsp3) is 0.609. The molecule has 1 atom stereocenters. The van der Waals surface area contributed by atoms with E-state index in [0.29, 0.717) is 11.6 Å². The van der Waals surface area contributed by atoms with Crippen molar-refractivity contribution in [1.29, 1.82) is 5.26 Å². The van der Waals surface area contributed by atoms with Crippen LogP contribution in [0.15, 0.2) is 36.4 Å². The first-order chi connectivity index (χ1) is 12.7. The highest BCUT2D eigenvalue weighted by atomic mass is 35.5. The quantitative estimate of drug-likeness (QED) is 0.193. The van der Waals surface area contributed by atoms with Gasteiger partial charge in [0, 0.05) is 12.6 Å². The summed E-state index contributed by atoms with van der Waals surface area (Å²) in [5, 5.41) is 8.92. The van der Waals surface area contributed by atoms with Gasteiger partial charge >= 0.3 is 0 Å². The molecule has 0 radical (unpaired) electrons. The fourth-order valence-electron chi connectivity index (χ4n) is 3.09. The molecule has 2 nitrogen and oxygen atoms in total. The van der Waals surface area contributed by atoms with Gasteiger partial charge in [-0.2, -0.15) is 5.26 Å². The highest BCUT2D eigenvalue weighted by Crippen LogP contribution is 2.21. The zero-order valence-corrected chi connectivity index (χ0v) is 17.3. The zero-order chi connectivity index (χ0) is 19.0. The molecular formula is C23H35ClN2. The monoisotopic (exact) mass is 374 g/mol. The Hall–Kier alpha value is -1.30. The molecule has 0 aliphatic rings. The van der Waals surface area contributed by atoms with Crippen LogP contribution in [0.1, 0.15) is 89.2 Å². The molecule has 3 heteroatoms. The van der Waals surface area contributed by atoms with Crippen molar-refractivity contribution in [3.05, 3.63) is 47.5 Å². The number of allylic oxidation sites excluding steroid dienone is 2. The van der Waals surface area contributed by atoms with Crippen molar-refractivity contribution < 1.29 is 0 Å². The van der Waals surface area contributed by atoms with Crippen molar-refractivity contribution >= 4 is 11.8 Å². The standard InChI is InChI=1S/C23H35ClN2/c1-3-5-7-9-11-13-23(14-12-10-8-6-4-2)26(24)20-22-17-15-21(19-25)16-18-22/h7,9,15-18,23H,3-6,8,10-14,20H2,1-2H3/b9-7+. The molecule has 0 N–H and O–H groups in total. The second-order valence-electron chi connectivity index (χ2n) is 7.06. The van der Waals surface area contributed by atoms with Gasteiger partial charge < -0.3 is 0 Å². The Balaban J connectivity index is 2.54. The van der Waals surface area contributed by atoms with E-state index in [1.807, 2.05) is 28.7 Å². The molecule has 1 rings (SSSR count). The van der Waals surface area contributed by atoms with Gasteiger partial charge in [-0.1, -0.05) is 76.7 Å². The third-order valence-corrected chi connectivity index (χ3v) is 5.14. The first kappa shape index (κ1) is 22.7. The van der Waals surface area contributed by atoms with Crippen LogP contribution in [-0.2, 0) is 6.54 Å². The summed E-state index contributed by atoms with van der Waals surface area (Å²) < 4.78 is 1.98. The number of nitrogens with zero attached hydrogens (tertiary/aromatic N) is 2. The average molecular weight is 375 g/mol. The van der Waals surface area contributed by atoms with E-state index in [1.54, 1.807) is 0 Å². The third-order valence-electron chi connectivity index (χ3n) is 4.74. The van der Waals surface area contributed by atoms with Crippen molar-refractivity contribution in [2.45, 2.75) is 90.6 Å². The van der Waals surface area contributed by atoms with E-state index < -0.39 is 0 Å². The summed E-state index contributed by atoms with van der Waals surface area (Å²) in [7, 11) is 0. The lowest BCUT2D eigenvalue weighted by Crippen LogP contribution is -2.26. The highest BCUT2D eigenvalue weighted by molar-refractivity contribution is 6.13. The molecule has 1 aromatic carbocycles. The average Bonchev–Trinajstić information content (AvgIpc) is 2.66. The first-order valence-corrected chi connectivity index (χ1v) is 10.6. The lowest BCUT2D eigenvalue weighted by atomic mass is 10.0. The number of nitriles is 1. The van der Waals surface area contributed by atoms with Gasteiger partial charge in [0.2, 0.25) is 0 Å². The predicted molar refractivity (Wildman–Crippen MR) is 113 cm³/mol. The van der Waals surface area contributed by atoms with Crippen LogP contribution in [0.5, 0.6) is 0 Å². The molecule has 0 heterocycles. The zero-order valence-electron chi connectivity index (χ0n) is 16.6. The van der Waals surface area contributed by atoms with Crippen molar-refractivity contribution in [3.8, 4) is 6.07 Å². The summed E-state index contributed by atoms with van der Waals surface area (Å²) in [4.78, 5) is 0. The van der Waals surface area contributed by atoms with E-state index in [0.717, 1.165) is 37.8 Å². The van der Waals surface area contributed by atoms with E-state index in [1.165, 1.54) is 38.5 Å². The highest BCUT2D eigenvalue weighted by Gasteiger charge is 2.16. The van der Waals surface area contributed by atoms with Crippen LogP contribution in [-0.4, -0.2) is 10.5 Å². The minimum Gasteiger partial charge on any atom is -0.213 e. The van der Waals surface area contributed by atoms with Gasteiger partial charge in [0.05, 0.1) is 11.6 Å². The topological polar surface area (TPSA) is 27.0 Å². The third kappa shape index (κ3) is 10.00. The Labute approximate surface area is 166 Å². The van der Waals surface area contributed by atoms with Crippen molar-refractivity contribution in [1.82, 2.24) is 4.42 Å². The summed E-state index contributed by atoms with van der Waals surface area (Å²) in [5.41, 5.74) is 1.86. The fourth-order valence-corrected chi connectivity index (χ4v) is 3.42. The molecule has 0 aliphatic heterocycles. The Kier molecular flexibility index (Phi) is 13.0. The number of unbranched alkanes of at least 4 members (excludes halogenated alkanes) is 5. The van der Waals surface area contributed by atoms with E-state index in [4.69, 9.17) is 17.0 Å². The Morgan fingerprint density at radius 1 is 0.962 bits per heavy atom. The maximum Gasteiger partial charge on any atom is 0.0991 e. The second-order valence-corrected chi connectivity index (χ2v) is 7.49. The van der Waals surface area contributed by atoms with Crippen molar-refractivity contribution in [2.24, 2.45) is 0 Å². The number of halogens is 1. The molecule has 0 aliphatic carbocycles. The van der Waals surface area contributed by atoms with Crippen LogP contribution in [0.2, 0.25) is 0 Å². The van der Waals surface area contributed by atoms with E-state index in [2.05, 4.69) is 32.1 Å². The lowest BCUT2D eigenvalue weighted by Gasteiger charge is -2.25. The molecule has 0 amide bonds. The van der Waals surface area contributed by atoms with Gasteiger partial charge in [-0.15, -0.1) is 0 Å². The Morgan fingerprint density at radius 3 is 2.31 bits per heavy atom.